The molecule has 3 rings (SSSR count). The number of hydrogen-bond acceptors (Lipinski definition) is 7. The fourth-order valence-corrected chi connectivity index (χ4v) is 6.69. The minimum Gasteiger partial charge on any atom is -0.634 e. The molecule has 2 aromatic rings. The second-order valence-corrected chi connectivity index (χ2v) is 18.3. The largest absolute Gasteiger partial charge is 0.634 e. The third-order valence-electron chi connectivity index (χ3n) is 6.90. The van der Waals surface area contributed by atoms with E-state index in [-0.39, 0.29) is 57.5 Å². The summed E-state index contributed by atoms with van der Waals surface area (Å²) in [6.07, 6.45) is 0.572. The lowest BCUT2D eigenvalue weighted by Crippen LogP contribution is -3.08. The van der Waals surface area contributed by atoms with Crippen LogP contribution in [-0.4, -0.2) is 41.7 Å². The van der Waals surface area contributed by atoms with E-state index in [9.17, 15) is 18.4 Å². The summed E-state index contributed by atoms with van der Waals surface area (Å²) in [4.78, 5) is 20.8. The zero-order valence-corrected chi connectivity index (χ0v) is 26.4. The van der Waals surface area contributed by atoms with Crippen molar-refractivity contribution in [3.8, 4) is 5.75 Å². The van der Waals surface area contributed by atoms with E-state index in [2.05, 4.69) is 20.7 Å². The molecule has 212 valence electrons. The molecule has 39 heavy (non-hydrogen) atoms. The van der Waals surface area contributed by atoms with Gasteiger partial charge in [-0.05, 0) is 42.4 Å². The highest BCUT2D eigenvalue weighted by Crippen LogP contribution is 2.45. The summed E-state index contributed by atoms with van der Waals surface area (Å²) in [5.74, 6) is -1.40. The average Bonchev–Trinajstić information content (AvgIpc) is 2.82. The normalized spacial score (nSPS) is 18.2. The highest BCUT2D eigenvalue weighted by molar-refractivity contribution is 7.90. The maximum Gasteiger partial charge on any atom is 0.269 e. The molecule has 9 nitrogen and oxygen atoms in total. The Hall–Kier alpha value is -1.95. The number of aliphatic imine (C=N–C) groups is 2. The van der Waals surface area contributed by atoms with Gasteiger partial charge in [0.05, 0.1) is 33.8 Å². The van der Waals surface area contributed by atoms with Gasteiger partial charge < -0.3 is 14.7 Å². The second-order valence-electron chi connectivity index (χ2n) is 10.8. The van der Waals surface area contributed by atoms with Crippen molar-refractivity contribution in [3.05, 3.63) is 50.6 Å². The van der Waals surface area contributed by atoms with Crippen molar-refractivity contribution in [2.45, 2.75) is 56.6 Å². The molecule has 1 aliphatic heterocycles. The van der Waals surface area contributed by atoms with Gasteiger partial charge in [0.1, 0.15) is 16.6 Å². The van der Waals surface area contributed by atoms with E-state index in [1.807, 2.05) is 33.9 Å². The minimum atomic E-state index is -4.49. The highest BCUT2D eigenvalue weighted by atomic mass is 35.5. The molecule has 0 radical (unpaired) electrons. The summed E-state index contributed by atoms with van der Waals surface area (Å²) >= 11 is 18.7. The fraction of sp³-hybridized carbons (Fsp3) is 0.440. The van der Waals surface area contributed by atoms with Crippen LogP contribution >= 0.6 is 34.8 Å². The number of nitrogens with one attached hydrogen (secondary N) is 2. The van der Waals surface area contributed by atoms with Crippen molar-refractivity contribution in [2.75, 3.05) is 13.1 Å². The zero-order chi connectivity index (χ0) is 29.2. The third-order valence-corrected chi connectivity index (χ3v) is 13.9. The number of amides is 1. The van der Waals surface area contributed by atoms with Gasteiger partial charge in [0, 0.05) is 18.8 Å². The Morgan fingerprint density at radius 1 is 1.08 bits per heavy atom. The number of hydroxylamine groups is 2. The number of benzene rings is 2. The number of rotatable bonds is 7. The topological polar surface area (TPSA) is 125 Å². The molecular weight excluding hydrogens is 603 g/mol. The monoisotopic (exact) mass is 632 g/mol. The van der Waals surface area contributed by atoms with Crippen molar-refractivity contribution in [1.29, 1.82) is 0 Å². The third kappa shape index (κ3) is 7.62. The Bertz CT molecular complexity index is 1420. The van der Waals surface area contributed by atoms with Crippen molar-refractivity contribution in [2.24, 2.45) is 15.9 Å². The molecule has 0 unspecified atom stereocenters. The molecule has 1 heterocycles. The van der Waals surface area contributed by atoms with Gasteiger partial charge in [-0.3, -0.25) is 4.79 Å². The molecule has 1 saturated heterocycles. The van der Waals surface area contributed by atoms with Crippen molar-refractivity contribution >= 4 is 76.4 Å². The van der Waals surface area contributed by atoms with Crippen LogP contribution in [0, 0.1) is 11.1 Å². The number of sulfonamides is 1. The Labute approximate surface area is 245 Å². The summed E-state index contributed by atoms with van der Waals surface area (Å²) in [6.45, 7) is 10.3. The molecule has 0 saturated carbocycles. The van der Waals surface area contributed by atoms with Crippen molar-refractivity contribution in [3.63, 3.8) is 0 Å². The van der Waals surface area contributed by atoms with E-state index in [0.717, 1.165) is 0 Å². The van der Waals surface area contributed by atoms with Crippen molar-refractivity contribution < 1.29 is 22.7 Å². The van der Waals surface area contributed by atoms with E-state index < -0.39 is 35.1 Å². The molecule has 2 aromatic carbocycles. The molecule has 1 fully saturated rings. The number of nitrogens with zero attached hydrogens (tertiary/aromatic N) is 2. The molecule has 0 aromatic heterocycles. The van der Waals surface area contributed by atoms with Gasteiger partial charge in [-0.25, -0.2) is 13.1 Å². The summed E-state index contributed by atoms with van der Waals surface area (Å²) < 4.78 is 35.8. The molecule has 2 N–H and O–H groups in total. The summed E-state index contributed by atoms with van der Waals surface area (Å²) in [5, 5.41) is 11.7. The Kier molecular flexibility index (Phi) is 9.94. The van der Waals surface area contributed by atoms with E-state index in [4.69, 9.17) is 39.2 Å². The first-order valence-corrected chi connectivity index (χ1v) is 17.8. The van der Waals surface area contributed by atoms with E-state index in [1.165, 1.54) is 12.1 Å². The molecule has 0 aliphatic carbocycles. The minimum absolute atomic E-state index is 0.0568. The van der Waals surface area contributed by atoms with Crippen LogP contribution in [0.4, 0.5) is 11.4 Å². The van der Waals surface area contributed by atoms with E-state index in [1.54, 1.807) is 18.2 Å². The zero-order valence-electron chi connectivity index (χ0n) is 22.3. The Balaban J connectivity index is 2.10. The lowest BCUT2D eigenvalue weighted by atomic mass is 9.97. The number of carbonyl (C=O) groups excluding carboxylic acids is 1. The Morgan fingerprint density at radius 2 is 1.69 bits per heavy atom. The van der Waals surface area contributed by atoms with Crippen LogP contribution in [0.2, 0.25) is 33.2 Å². The van der Waals surface area contributed by atoms with Crippen LogP contribution in [0.15, 0.2) is 45.2 Å². The SMILES string of the molecule is CC(C)(C)[Si](C)(C)Oc1c(N=C=Nc2cccc(Cl)c2Cl)ccc(Cl)c1S(=O)(=O)NC(=O)C1CC[NH+]([O-])CC1. The maximum atomic E-state index is 13.6. The molecule has 0 atom stereocenters. The maximum absolute atomic E-state index is 13.6. The predicted molar refractivity (Wildman–Crippen MR) is 157 cm³/mol. The van der Waals surface area contributed by atoms with Gasteiger partial charge >= 0.3 is 0 Å². The number of halogens is 3. The summed E-state index contributed by atoms with van der Waals surface area (Å²) in [6, 6.07) is 10.3. The molecule has 0 bridgehead atoms. The quantitative estimate of drug-likeness (QED) is 0.228. The number of carbonyl (C=O) groups is 1. The molecule has 1 aliphatic rings. The highest BCUT2D eigenvalue weighted by Gasteiger charge is 2.42. The lowest BCUT2D eigenvalue weighted by molar-refractivity contribution is -0.854. The molecule has 0 spiro atoms. The average molecular weight is 634 g/mol. The van der Waals surface area contributed by atoms with Crippen molar-refractivity contribution in [1.82, 2.24) is 4.72 Å². The number of quaternary nitrogens is 1. The summed E-state index contributed by atoms with van der Waals surface area (Å²) in [7, 11) is -7.13. The second kappa shape index (κ2) is 12.3. The van der Waals surface area contributed by atoms with Gasteiger partial charge in [-0.2, -0.15) is 9.98 Å². The lowest BCUT2D eigenvalue weighted by Gasteiger charge is -2.37. The van der Waals surface area contributed by atoms with E-state index >= 15 is 0 Å². The first-order valence-electron chi connectivity index (χ1n) is 12.2. The molecular formula is C25H31Cl3N4O5SSi. The van der Waals surface area contributed by atoms with Gasteiger partial charge in [0.2, 0.25) is 5.91 Å². The van der Waals surface area contributed by atoms with Crippen LogP contribution in [-0.2, 0) is 14.8 Å². The number of piperidine rings is 1. The van der Waals surface area contributed by atoms with Crippen LogP contribution in [0.3, 0.4) is 0 Å². The van der Waals surface area contributed by atoms with Gasteiger partial charge in [-0.15, -0.1) is 0 Å². The predicted octanol–water partition coefficient (Wildman–Crippen LogP) is 5.77. The fourth-order valence-electron chi connectivity index (χ4n) is 3.55. The van der Waals surface area contributed by atoms with E-state index in [0.29, 0.717) is 10.7 Å². The first-order chi connectivity index (χ1) is 18.0. The Morgan fingerprint density at radius 3 is 2.31 bits per heavy atom. The van der Waals surface area contributed by atoms with Gasteiger partial charge in [0.25, 0.3) is 18.3 Å². The van der Waals surface area contributed by atoms with Crippen LogP contribution < -0.4 is 14.2 Å². The molecule has 14 heteroatoms. The van der Waals surface area contributed by atoms with Crippen LogP contribution in [0.5, 0.6) is 5.75 Å². The van der Waals surface area contributed by atoms with Crippen LogP contribution in [0.1, 0.15) is 33.6 Å². The first kappa shape index (κ1) is 31.6. The summed E-state index contributed by atoms with van der Waals surface area (Å²) in [5.41, 5.74) is 0.419. The molecule has 1 amide bonds. The van der Waals surface area contributed by atoms with Gasteiger partial charge in [0.15, 0.2) is 5.75 Å². The van der Waals surface area contributed by atoms with Crippen LogP contribution in [0.25, 0.3) is 0 Å². The number of hydrogen-bond donors (Lipinski definition) is 2. The van der Waals surface area contributed by atoms with Gasteiger partial charge in [-0.1, -0.05) is 61.6 Å². The smallest absolute Gasteiger partial charge is 0.269 e. The standard InChI is InChI=1S/C25H31Cl3N4O5SSi/c1-25(2,3)39(4,5)37-22-20(30-15-29-19-8-6-7-17(26)21(19)28)10-9-18(27)23(22)38(35,36)31-24(33)16-11-13-32(34)14-12-16/h6-10,16,32H,11-14H2,1-5H3,(H,31,33).